The minimum Gasteiger partial charge on any atom is -0.347 e. The Morgan fingerprint density at radius 2 is 2.13 bits per heavy atom. The van der Waals surface area contributed by atoms with Crippen molar-refractivity contribution in [2.75, 3.05) is 13.2 Å². The van der Waals surface area contributed by atoms with Gasteiger partial charge in [0.25, 0.3) is 0 Å². The molecule has 0 spiro atoms. The van der Waals surface area contributed by atoms with Crippen molar-refractivity contribution in [3.8, 4) is 11.8 Å². The SMILES string of the molecule is N#CCCC1(CCc2cn(-c3ccc(F)nc3)nn2)OCCO1. The largest absolute Gasteiger partial charge is 0.347 e. The molecule has 0 N–H and O–H groups in total. The Labute approximate surface area is 132 Å². The van der Waals surface area contributed by atoms with Crippen LogP contribution in [-0.2, 0) is 15.9 Å². The van der Waals surface area contributed by atoms with Gasteiger partial charge in [-0.3, -0.25) is 0 Å². The van der Waals surface area contributed by atoms with Crippen LogP contribution in [0.5, 0.6) is 0 Å². The lowest BCUT2D eigenvalue weighted by Gasteiger charge is -2.26. The molecule has 1 aliphatic rings. The zero-order chi connectivity index (χ0) is 16.1. The zero-order valence-electron chi connectivity index (χ0n) is 12.5. The number of halogens is 1. The van der Waals surface area contributed by atoms with Crippen LogP contribution in [0.3, 0.4) is 0 Å². The second-order valence-electron chi connectivity index (χ2n) is 5.26. The van der Waals surface area contributed by atoms with Gasteiger partial charge in [0.15, 0.2) is 5.79 Å². The Hall–Kier alpha value is -2.37. The van der Waals surface area contributed by atoms with Crippen molar-refractivity contribution in [2.45, 2.75) is 31.5 Å². The molecule has 0 aromatic carbocycles. The molecule has 0 amide bonds. The van der Waals surface area contributed by atoms with Crippen molar-refractivity contribution in [3.05, 3.63) is 36.2 Å². The summed E-state index contributed by atoms with van der Waals surface area (Å²) >= 11 is 0. The highest BCUT2D eigenvalue weighted by atomic mass is 19.1. The van der Waals surface area contributed by atoms with Crippen LogP contribution < -0.4 is 0 Å². The van der Waals surface area contributed by atoms with Gasteiger partial charge in [-0.1, -0.05) is 5.21 Å². The smallest absolute Gasteiger partial charge is 0.212 e. The van der Waals surface area contributed by atoms with Crippen molar-refractivity contribution >= 4 is 0 Å². The summed E-state index contributed by atoms with van der Waals surface area (Å²) in [6, 6.07) is 4.97. The van der Waals surface area contributed by atoms with Gasteiger partial charge in [-0.15, -0.1) is 5.10 Å². The molecule has 7 nitrogen and oxygen atoms in total. The maximum atomic E-state index is 12.8. The Balaban J connectivity index is 1.64. The molecular weight excluding hydrogens is 301 g/mol. The Bertz CT molecular complexity index is 689. The molecule has 3 rings (SSSR count). The van der Waals surface area contributed by atoms with Crippen LogP contribution in [0.15, 0.2) is 24.5 Å². The van der Waals surface area contributed by atoms with Crippen molar-refractivity contribution in [1.29, 1.82) is 5.26 Å². The summed E-state index contributed by atoms with van der Waals surface area (Å²) in [5.41, 5.74) is 1.41. The van der Waals surface area contributed by atoms with E-state index in [-0.39, 0.29) is 0 Å². The van der Waals surface area contributed by atoms with E-state index in [9.17, 15) is 4.39 Å². The molecule has 0 unspecified atom stereocenters. The standard InChI is InChI=1S/C15H16FN5O2/c16-14-3-2-13(10-18-14)21-11-12(19-20-21)4-6-15(5-1-7-17)22-8-9-23-15/h2-3,10-11H,1,4-6,8-9H2. The first kappa shape index (κ1) is 15.5. The van der Waals surface area contributed by atoms with E-state index in [2.05, 4.69) is 21.4 Å². The predicted octanol–water partition coefficient (Wildman–Crippen LogP) is 1.78. The van der Waals surface area contributed by atoms with Gasteiger partial charge in [0, 0.05) is 19.3 Å². The Morgan fingerprint density at radius 1 is 1.30 bits per heavy atom. The Morgan fingerprint density at radius 3 is 2.83 bits per heavy atom. The van der Waals surface area contributed by atoms with E-state index in [0.717, 1.165) is 5.69 Å². The van der Waals surface area contributed by atoms with Crippen LogP contribution in [0.25, 0.3) is 5.69 Å². The monoisotopic (exact) mass is 317 g/mol. The van der Waals surface area contributed by atoms with Crippen LogP contribution in [0.1, 0.15) is 25.0 Å². The van der Waals surface area contributed by atoms with E-state index in [1.807, 2.05) is 0 Å². The van der Waals surface area contributed by atoms with Crippen molar-refractivity contribution < 1.29 is 13.9 Å². The molecule has 120 valence electrons. The van der Waals surface area contributed by atoms with Crippen molar-refractivity contribution in [1.82, 2.24) is 20.0 Å². The van der Waals surface area contributed by atoms with E-state index in [1.165, 1.54) is 12.3 Å². The molecule has 0 radical (unpaired) electrons. The molecule has 0 aliphatic carbocycles. The molecule has 0 atom stereocenters. The Kier molecular flexibility index (Phi) is 4.60. The van der Waals surface area contributed by atoms with E-state index >= 15 is 0 Å². The number of ether oxygens (including phenoxy) is 2. The number of aryl methyl sites for hydroxylation is 1. The summed E-state index contributed by atoms with van der Waals surface area (Å²) in [5.74, 6) is -1.24. The summed E-state index contributed by atoms with van der Waals surface area (Å²) in [6.45, 7) is 1.08. The van der Waals surface area contributed by atoms with Crippen LogP contribution in [-0.4, -0.2) is 39.0 Å². The highest BCUT2D eigenvalue weighted by molar-refractivity contribution is 5.26. The fraction of sp³-hybridized carbons (Fsp3) is 0.467. The van der Waals surface area contributed by atoms with Crippen LogP contribution >= 0.6 is 0 Å². The molecule has 23 heavy (non-hydrogen) atoms. The molecule has 1 saturated heterocycles. The number of aromatic nitrogens is 4. The first-order chi connectivity index (χ1) is 11.2. The summed E-state index contributed by atoms with van der Waals surface area (Å²) in [4.78, 5) is 3.59. The number of hydrogen-bond acceptors (Lipinski definition) is 6. The average molecular weight is 317 g/mol. The molecule has 8 heteroatoms. The highest BCUT2D eigenvalue weighted by Crippen LogP contribution is 2.29. The van der Waals surface area contributed by atoms with Crippen LogP contribution in [0, 0.1) is 17.3 Å². The molecule has 1 aliphatic heterocycles. The molecule has 3 heterocycles. The maximum absolute atomic E-state index is 12.8. The number of nitrogens with zero attached hydrogens (tertiary/aromatic N) is 5. The normalized spacial score (nSPS) is 16.3. The average Bonchev–Trinajstić information content (AvgIpc) is 3.22. The first-order valence-electron chi connectivity index (χ1n) is 7.39. The predicted molar refractivity (Wildman–Crippen MR) is 76.9 cm³/mol. The van der Waals surface area contributed by atoms with Gasteiger partial charge in [0.2, 0.25) is 5.95 Å². The molecule has 0 saturated carbocycles. The van der Waals surface area contributed by atoms with E-state index in [4.69, 9.17) is 14.7 Å². The lowest BCUT2D eigenvalue weighted by Crippen LogP contribution is -2.30. The van der Waals surface area contributed by atoms with Gasteiger partial charge < -0.3 is 9.47 Å². The highest BCUT2D eigenvalue weighted by Gasteiger charge is 2.35. The summed E-state index contributed by atoms with van der Waals surface area (Å²) in [5, 5.41) is 16.9. The fourth-order valence-electron chi connectivity index (χ4n) is 2.52. The fourth-order valence-corrected chi connectivity index (χ4v) is 2.52. The van der Waals surface area contributed by atoms with Gasteiger partial charge >= 0.3 is 0 Å². The van der Waals surface area contributed by atoms with Crippen LogP contribution in [0.4, 0.5) is 4.39 Å². The van der Waals surface area contributed by atoms with Crippen molar-refractivity contribution in [3.63, 3.8) is 0 Å². The number of rotatable bonds is 6. The topological polar surface area (TPSA) is 85.9 Å². The molecule has 0 bridgehead atoms. The quantitative estimate of drug-likeness (QED) is 0.755. The molecule has 2 aromatic rings. The number of nitriles is 1. The third-order valence-corrected chi connectivity index (χ3v) is 3.71. The van der Waals surface area contributed by atoms with Gasteiger partial charge in [-0.05, 0) is 18.6 Å². The lowest BCUT2D eigenvalue weighted by atomic mass is 10.0. The van der Waals surface area contributed by atoms with Crippen molar-refractivity contribution in [2.24, 2.45) is 0 Å². The molecule has 1 fully saturated rings. The van der Waals surface area contributed by atoms with Gasteiger partial charge in [0.1, 0.15) is 0 Å². The zero-order valence-corrected chi connectivity index (χ0v) is 12.5. The number of pyridine rings is 1. The lowest BCUT2D eigenvalue weighted by molar-refractivity contribution is -0.165. The summed E-state index contributed by atoms with van der Waals surface area (Å²) in [6.07, 6.45) is 5.30. The second-order valence-corrected chi connectivity index (χ2v) is 5.26. The van der Waals surface area contributed by atoms with Crippen LogP contribution in [0.2, 0.25) is 0 Å². The third-order valence-electron chi connectivity index (χ3n) is 3.71. The van der Waals surface area contributed by atoms with Gasteiger partial charge in [-0.2, -0.15) is 9.65 Å². The van der Waals surface area contributed by atoms with E-state index < -0.39 is 11.7 Å². The van der Waals surface area contributed by atoms with Gasteiger partial charge in [-0.25, -0.2) is 9.67 Å². The maximum Gasteiger partial charge on any atom is 0.212 e. The summed E-state index contributed by atoms with van der Waals surface area (Å²) < 4.78 is 25.8. The minimum atomic E-state index is -0.697. The number of hydrogen-bond donors (Lipinski definition) is 0. The third kappa shape index (κ3) is 3.70. The minimum absolute atomic E-state index is 0.383. The molecule has 2 aromatic heterocycles. The van der Waals surface area contributed by atoms with E-state index in [1.54, 1.807) is 16.9 Å². The first-order valence-corrected chi connectivity index (χ1v) is 7.39. The summed E-state index contributed by atoms with van der Waals surface area (Å²) in [7, 11) is 0. The molecular formula is C15H16FN5O2. The van der Waals surface area contributed by atoms with E-state index in [0.29, 0.717) is 44.6 Å². The second kappa shape index (κ2) is 6.81. The van der Waals surface area contributed by atoms with Gasteiger partial charge in [0.05, 0.1) is 43.1 Å².